The summed E-state index contributed by atoms with van der Waals surface area (Å²) in [5.41, 5.74) is 0.864. The molecule has 6 nitrogen and oxygen atoms in total. The van der Waals surface area contributed by atoms with Crippen molar-refractivity contribution >= 4 is 11.0 Å². The molecule has 1 aromatic carbocycles. The van der Waals surface area contributed by atoms with E-state index in [1.54, 1.807) is 18.2 Å². The predicted molar refractivity (Wildman–Crippen MR) is 83.4 cm³/mol. The third-order valence-corrected chi connectivity index (χ3v) is 3.99. The van der Waals surface area contributed by atoms with Gasteiger partial charge in [0.2, 0.25) is 0 Å². The van der Waals surface area contributed by atoms with Crippen LogP contribution in [0.5, 0.6) is 5.75 Å². The van der Waals surface area contributed by atoms with Gasteiger partial charge >= 0.3 is 5.63 Å². The molecular weight excluding hydrogens is 300 g/mol. The molecule has 3 N–H and O–H groups in total. The van der Waals surface area contributed by atoms with Crippen molar-refractivity contribution in [2.24, 2.45) is 0 Å². The Morgan fingerprint density at radius 1 is 1.13 bits per heavy atom. The fourth-order valence-corrected chi connectivity index (χ4v) is 2.69. The summed E-state index contributed by atoms with van der Waals surface area (Å²) in [5.74, 6) is 0.395. The van der Waals surface area contributed by atoms with Gasteiger partial charge in [0, 0.05) is 17.5 Å². The third kappa shape index (κ3) is 3.01. The van der Waals surface area contributed by atoms with Crippen LogP contribution in [0.15, 0.2) is 45.6 Å². The number of aliphatic hydroxyl groups excluding tert-OH is 3. The molecule has 1 aromatic heterocycles. The Hall–Kier alpha value is -2.15. The lowest BCUT2D eigenvalue weighted by Crippen LogP contribution is -2.48. The van der Waals surface area contributed by atoms with Crippen LogP contribution < -0.4 is 10.4 Å². The van der Waals surface area contributed by atoms with Crippen LogP contribution in [-0.4, -0.2) is 39.7 Å². The Balaban J connectivity index is 1.92. The molecule has 0 saturated heterocycles. The summed E-state index contributed by atoms with van der Waals surface area (Å²) in [6.45, 7) is 1.95. The summed E-state index contributed by atoms with van der Waals surface area (Å²) in [6, 6.07) is 6.54. The molecule has 0 spiro atoms. The molecule has 0 amide bonds. The predicted octanol–water partition coefficient (Wildman–Crippen LogP) is 0.755. The van der Waals surface area contributed by atoms with Crippen molar-refractivity contribution in [3.63, 3.8) is 0 Å². The molecule has 1 aliphatic carbocycles. The van der Waals surface area contributed by atoms with Crippen molar-refractivity contribution < 1.29 is 24.5 Å². The van der Waals surface area contributed by atoms with Crippen LogP contribution in [0.4, 0.5) is 0 Å². The molecule has 3 rings (SSSR count). The van der Waals surface area contributed by atoms with Gasteiger partial charge in [0.1, 0.15) is 35.7 Å². The Kier molecular flexibility index (Phi) is 4.21. The zero-order valence-corrected chi connectivity index (χ0v) is 12.5. The van der Waals surface area contributed by atoms with E-state index in [0.717, 1.165) is 10.9 Å². The fraction of sp³-hybridized carbons (Fsp3) is 0.353. The van der Waals surface area contributed by atoms with Crippen molar-refractivity contribution in [2.75, 3.05) is 0 Å². The van der Waals surface area contributed by atoms with E-state index in [2.05, 4.69) is 0 Å². The topological polar surface area (TPSA) is 100 Å². The highest BCUT2D eigenvalue weighted by atomic mass is 16.5. The standard InChI is InChI=1S/C17H18O6/c1-2-9-7-15(19)23-14-8-10(3-4-11(9)14)22-13-6-5-12(18)16(20)17(13)21/h3-8,12-13,16-18,20-21H,2H2,1H3/t12-,13-,16+,17+/m0/s1. The Labute approximate surface area is 132 Å². The van der Waals surface area contributed by atoms with E-state index in [4.69, 9.17) is 9.15 Å². The van der Waals surface area contributed by atoms with Crippen LogP contribution in [0.3, 0.4) is 0 Å². The zero-order valence-electron chi connectivity index (χ0n) is 12.5. The number of benzene rings is 1. The molecule has 23 heavy (non-hydrogen) atoms. The van der Waals surface area contributed by atoms with E-state index in [-0.39, 0.29) is 0 Å². The lowest BCUT2D eigenvalue weighted by atomic mass is 9.96. The minimum absolute atomic E-state index is 0.395. The van der Waals surface area contributed by atoms with Gasteiger partial charge in [0.05, 0.1) is 0 Å². The van der Waals surface area contributed by atoms with E-state index in [9.17, 15) is 20.1 Å². The number of hydrogen-bond donors (Lipinski definition) is 3. The van der Waals surface area contributed by atoms with Gasteiger partial charge in [-0.1, -0.05) is 13.0 Å². The van der Waals surface area contributed by atoms with E-state index >= 15 is 0 Å². The zero-order chi connectivity index (χ0) is 16.6. The summed E-state index contributed by atoms with van der Waals surface area (Å²) < 4.78 is 10.8. The lowest BCUT2D eigenvalue weighted by Gasteiger charge is -2.31. The van der Waals surface area contributed by atoms with Gasteiger partial charge in [0.25, 0.3) is 0 Å². The van der Waals surface area contributed by atoms with E-state index in [0.29, 0.717) is 17.8 Å². The highest BCUT2D eigenvalue weighted by Crippen LogP contribution is 2.26. The number of hydrogen-bond acceptors (Lipinski definition) is 6. The first-order valence-electron chi connectivity index (χ1n) is 7.45. The first-order valence-corrected chi connectivity index (χ1v) is 7.45. The second-order valence-corrected chi connectivity index (χ2v) is 5.54. The highest BCUT2D eigenvalue weighted by molar-refractivity contribution is 5.81. The van der Waals surface area contributed by atoms with Crippen molar-refractivity contribution in [1.29, 1.82) is 0 Å². The SMILES string of the molecule is CCc1cc(=O)oc2cc(O[C@H]3C=C[C@H](O)[C@@H](O)[C@@H]3O)ccc12. The first kappa shape index (κ1) is 15.7. The van der Waals surface area contributed by atoms with Gasteiger partial charge in [0.15, 0.2) is 0 Å². The molecule has 2 aromatic rings. The number of aryl methyl sites for hydroxylation is 1. The van der Waals surface area contributed by atoms with Crippen LogP contribution in [0.2, 0.25) is 0 Å². The lowest BCUT2D eigenvalue weighted by molar-refractivity contribution is -0.0822. The molecule has 0 saturated carbocycles. The van der Waals surface area contributed by atoms with Crippen LogP contribution in [-0.2, 0) is 6.42 Å². The average Bonchev–Trinajstić information content (AvgIpc) is 2.54. The fourth-order valence-electron chi connectivity index (χ4n) is 2.69. The second kappa shape index (κ2) is 6.16. The van der Waals surface area contributed by atoms with Gasteiger partial charge in [-0.25, -0.2) is 4.79 Å². The van der Waals surface area contributed by atoms with E-state index < -0.39 is 30.0 Å². The maximum Gasteiger partial charge on any atom is 0.336 e. The number of fused-ring (bicyclic) bond motifs is 1. The van der Waals surface area contributed by atoms with Crippen molar-refractivity contribution in [2.45, 2.75) is 37.8 Å². The van der Waals surface area contributed by atoms with Gasteiger partial charge in [-0.2, -0.15) is 0 Å². The van der Waals surface area contributed by atoms with E-state index in [1.165, 1.54) is 18.2 Å². The molecule has 0 radical (unpaired) electrons. The second-order valence-electron chi connectivity index (χ2n) is 5.54. The molecule has 0 fully saturated rings. The quantitative estimate of drug-likeness (QED) is 0.570. The monoisotopic (exact) mass is 318 g/mol. The maximum absolute atomic E-state index is 11.6. The molecule has 1 aliphatic rings. The van der Waals surface area contributed by atoms with Crippen LogP contribution in [0.25, 0.3) is 11.0 Å². The molecule has 6 heteroatoms. The van der Waals surface area contributed by atoms with E-state index in [1.807, 2.05) is 6.92 Å². The molecule has 0 bridgehead atoms. The Morgan fingerprint density at radius 2 is 1.91 bits per heavy atom. The van der Waals surface area contributed by atoms with Gasteiger partial charge in [-0.3, -0.25) is 0 Å². The summed E-state index contributed by atoms with van der Waals surface area (Å²) >= 11 is 0. The first-order chi connectivity index (χ1) is 11.0. The highest BCUT2D eigenvalue weighted by Gasteiger charge is 2.34. The molecule has 0 aliphatic heterocycles. The molecular formula is C17H18O6. The van der Waals surface area contributed by atoms with Gasteiger partial charge in [-0.15, -0.1) is 0 Å². The summed E-state index contributed by atoms with van der Waals surface area (Å²) in [7, 11) is 0. The van der Waals surface area contributed by atoms with Gasteiger partial charge < -0.3 is 24.5 Å². The average molecular weight is 318 g/mol. The van der Waals surface area contributed by atoms with Crippen LogP contribution in [0.1, 0.15) is 12.5 Å². The molecule has 1 heterocycles. The van der Waals surface area contributed by atoms with Crippen molar-refractivity contribution in [3.8, 4) is 5.75 Å². The third-order valence-electron chi connectivity index (χ3n) is 3.99. The van der Waals surface area contributed by atoms with Gasteiger partial charge in [-0.05, 0) is 30.2 Å². The Bertz CT molecular complexity index is 793. The number of aliphatic hydroxyl groups is 3. The van der Waals surface area contributed by atoms with Crippen molar-refractivity contribution in [1.82, 2.24) is 0 Å². The summed E-state index contributed by atoms with van der Waals surface area (Å²) in [4.78, 5) is 11.6. The smallest absolute Gasteiger partial charge is 0.336 e. The van der Waals surface area contributed by atoms with Crippen molar-refractivity contribution in [3.05, 3.63) is 52.4 Å². The number of ether oxygens (including phenoxy) is 1. The minimum Gasteiger partial charge on any atom is -0.483 e. The Morgan fingerprint density at radius 3 is 2.65 bits per heavy atom. The molecule has 122 valence electrons. The summed E-state index contributed by atoms with van der Waals surface area (Å²) in [6.07, 6.45) is -0.909. The van der Waals surface area contributed by atoms with Crippen LogP contribution in [0, 0.1) is 0 Å². The summed E-state index contributed by atoms with van der Waals surface area (Å²) in [5, 5.41) is 29.9. The number of rotatable bonds is 3. The molecule has 0 unspecified atom stereocenters. The molecule has 4 atom stereocenters. The van der Waals surface area contributed by atoms with Crippen LogP contribution >= 0.6 is 0 Å². The largest absolute Gasteiger partial charge is 0.483 e. The maximum atomic E-state index is 11.6. The normalized spacial score (nSPS) is 27.3. The minimum atomic E-state index is -1.31.